The van der Waals surface area contributed by atoms with Crippen LogP contribution >= 0.6 is 0 Å². The predicted octanol–water partition coefficient (Wildman–Crippen LogP) is 1.85. The normalized spacial score (nSPS) is 9.82. The van der Waals surface area contributed by atoms with Gasteiger partial charge in [0.15, 0.2) is 5.82 Å². The molecule has 0 aliphatic rings. The van der Waals surface area contributed by atoms with Gasteiger partial charge in [0.05, 0.1) is 19.0 Å². The topological polar surface area (TPSA) is 22.1 Å². The maximum atomic E-state index is 13.0. The van der Waals surface area contributed by atoms with Gasteiger partial charge in [-0.3, -0.25) is 4.98 Å². The molecule has 0 unspecified atom stereocenters. The van der Waals surface area contributed by atoms with Crippen LogP contribution < -0.4 is 4.74 Å². The van der Waals surface area contributed by atoms with E-state index in [2.05, 4.69) is 4.98 Å². The first kappa shape index (κ1) is 7.98. The number of nitrogens with zero attached hydrogens (tertiary/aromatic N) is 1. The van der Waals surface area contributed by atoms with E-state index >= 15 is 0 Å². The van der Waals surface area contributed by atoms with Crippen molar-refractivity contribution >= 4 is 0 Å². The molecule has 1 aromatic heterocycles. The second kappa shape index (κ2) is 2.86. The third kappa shape index (κ3) is 1.31. The van der Waals surface area contributed by atoms with E-state index in [-0.39, 0.29) is 5.82 Å². The Hall–Kier alpha value is -1.12. The molecule has 0 aliphatic carbocycles. The van der Waals surface area contributed by atoms with E-state index < -0.39 is 0 Å². The Morgan fingerprint density at radius 3 is 2.64 bits per heavy atom. The minimum Gasteiger partial charge on any atom is -0.495 e. The average molecular weight is 155 g/mol. The maximum Gasteiger partial charge on any atom is 0.150 e. The number of rotatable bonds is 1. The van der Waals surface area contributed by atoms with E-state index in [4.69, 9.17) is 4.74 Å². The number of hydrogen-bond donors (Lipinski definition) is 0. The fourth-order valence-corrected chi connectivity index (χ4v) is 0.894. The zero-order valence-corrected chi connectivity index (χ0v) is 6.81. The number of ether oxygens (including phenoxy) is 1. The van der Waals surface area contributed by atoms with Crippen LogP contribution in [0, 0.1) is 19.7 Å². The highest BCUT2D eigenvalue weighted by molar-refractivity contribution is 5.32. The molecule has 1 aromatic rings. The van der Waals surface area contributed by atoms with E-state index in [1.54, 1.807) is 13.8 Å². The van der Waals surface area contributed by atoms with Crippen molar-refractivity contribution in [2.75, 3.05) is 7.11 Å². The van der Waals surface area contributed by atoms with Gasteiger partial charge in [-0.25, -0.2) is 4.39 Å². The van der Waals surface area contributed by atoms with Crippen LogP contribution in [0.25, 0.3) is 0 Å². The highest BCUT2D eigenvalue weighted by atomic mass is 19.1. The molecule has 2 nitrogen and oxygen atoms in total. The molecule has 60 valence electrons. The van der Waals surface area contributed by atoms with Gasteiger partial charge in [-0.05, 0) is 13.8 Å². The molecule has 0 N–H and O–H groups in total. The van der Waals surface area contributed by atoms with Crippen molar-refractivity contribution in [3.63, 3.8) is 0 Å². The van der Waals surface area contributed by atoms with Crippen molar-refractivity contribution in [3.05, 3.63) is 23.3 Å². The Balaban J connectivity index is 3.25. The van der Waals surface area contributed by atoms with Crippen molar-refractivity contribution in [3.8, 4) is 5.75 Å². The summed E-state index contributed by atoms with van der Waals surface area (Å²) in [7, 11) is 1.50. The Kier molecular flexibility index (Phi) is 2.08. The Labute approximate surface area is 65.0 Å². The molecule has 0 bridgehead atoms. The van der Waals surface area contributed by atoms with E-state index in [0.29, 0.717) is 17.0 Å². The number of aromatic nitrogens is 1. The average Bonchev–Trinajstić information content (AvgIpc) is 2.01. The molecule has 0 amide bonds. The lowest BCUT2D eigenvalue weighted by Crippen LogP contribution is -1.95. The highest BCUT2D eigenvalue weighted by Crippen LogP contribution is 2.19. The van der Waals surface area contributed by atoms with Gasteiger partial charge in [-0.1, -0.05) is 0 Å². The number of pyridine rings is 1. The van der Waals surface area contributed by atoms with E-state index in [1.807, 2.05) is 0 Å². The standard InChI is InChI=1S/C8H10FNO/c1-5-7(11-3)4-10-6(2)8(5)9/h4H,1-3H3. The lowest BCUT2D eigenvalue weighted by atomic mass is 10.2. The first-order valence-electron chi connectivity index (χ1n) is 3.32. The van der Waals surface area contributed by atoms with Crippen LogP contribution in [0.1, 0.15) is 11.3 Å². The molecule has 0 saturated carbocycles. The number of methoxy groups -OCH3 is 1. The minimum absolute atomic E-state index is 0.288. The van der Waals surface area contributed by atoms with Crippen LogP contribution in [0.5, 0.6) is 5.75 Å². The summed E-state index contributed by atoms with van der Waals surface area (Å²) >= 11 is 0. The van der Waals surface area contributed by atoms with E-state index in [1.165, 1.54) is 13.3 Å². The molecular formula is C8H10FNO. The predicted molar refractivity (Wildman–Crippen MR) is 40.2 cm³/mol. The third-order valence-electron chi connectivity index (χ3n) is 1.61. The van der Waals surface area contributed by atoms with Gasteiger partial charge in [0.1, 0.15) is 5.75 Å². The number of hydrogen-bond acceptors (Lipinski definition) is 2. The fraction of sp³-hybridized carbons (Fsp3) is 0.375. The van der Waals surface area contributed by atoms with Crippen molar-refractivity contribution in [1.29, 1.82) is 0 Å². The molecule has 11 heavy (non-hydrogen) atoms. The van der Waals surface area contributed by atoms with Crippen LogP contribution in [-0.4, -0.2) is 12.1 Å². The molecule has 0 radical (unpaired) electrons. The van der Waals surface area contributed by atoms with E-state index in [9.17, 15) is 4.39 Å². The van der Waals surface area contributed by atoms with Gasteiger partial charge in [-0.15, -0.1) is 0 Å². The minimum atomic E-state index is -0.288. The zero-order valence-electron chi connectivity index (χ0n) is 6.81. The summed E-state index contributed by atoms with van der Waals surface area (Å²) in [5.74, 6) is 0.206. The van der Waals surface area contributed by atoms with Crippen molar-refractivity contribution in [2.45, 2.75) is 13.8 Å². The van der Waals surface area contributed by atoms with Crippen LogP contribution in [-0.2, 0) is 0 Å². The SMILES string of the molecule is COc1cnc(C)c(F)c1C. The second-order valence-corrected chi connectivity index (χ2v) is 2.35. The lowest BCUT2D eigenvalue weighted by molar-refractivity contribution is 0.404. The Morgan fingerprint density at radius 2 is 2.09 bits per heavy atom. The van der Waals surface area contributed by atoms with Crippen molar-refractivity contribution in [1.82, 2.24) is 4.98 Å². The molecule has 1 heterocycles. The molecular weight excluding hydrogens is 145 g/mol. The van der Waals surface area contributed by atoms with Crippen LogP contribution in [0.15, 0.2) is 6.20 Å². The largest absolute Gasteiger partial charge is 0.495 e. The Morgan fingerprint density at radius 1 is 1.45 bits per heavy atom. The molecule has 1 rings (SSSR count). The Bertz CT molecular complexity index is 273. The molecule has 0 atom stereocenters. The molecule has 0 fully saturated rings. The summed E-state index contributed by atoms with van der Waals surface area (Å²) in [5, 5.41) is 0. The number of aryl methyl sites for hydroxylation is 1. The summed E-state index contributed by atoms with van der Waals surface area (Å²) in [6.45, 7) is 3.30. The summed E-state index contributed by atoms with van der Waals surface area (Å²) in [5.41, 5.74) is 0.920. The molecule has 0 spiro atoms. The highest BCUT2D eigenvalue weighted by Gasteiger charge is 2.07. The molecule has 3 heteroatoms. The third-order valence-corrected chi connectivity index (χ3v) is 1.61. The zero-order chi connectivity index (χ0) is 8.43. The van der Waals surface area contributed by atoms with Gasteiger partial charge in [0.25, 0.3) is 0 Å². The van der Waals surface area contributed by atoms with Gasteiger partial charge in [0.2, 0.25) is 0 Å². The first-order valence-corrected chi connectivity index (χ1v) is 3.32. The summed E-state index contributed by atoms with van der Waals surface area (Å²) in [4.78, 5) is 3.81. The smallest absolute Gasteiger partial charge is 0.150 e. The van der Waals surface area contributed by atoms with Crippen LogP contribution in [0.4, 0.5) is 4.39 Å². The molecule has 0 aromatic carbocycles. The van der Waals surface area contributed by atoms with E-state index in [0.717, 1.165) is 0 Å². The van der Waals surface area contributed by atoms with Gasteiger partial charge in [0, 0.05) is 5.56 Å². The monoisotopic (exact) mass is 155 g/mol. The van der Waals surface area contributed by atoms with Crippen molar-refractivity contribution < 1.29 is 9.13 Å². The molecule has 0 saturated heterocycles. The summed E-state index contributed by atoms with van der Waals surface area (Å²) in [6.07, 6.45) is 1.52. The van der Waals surface area contributed by atoms with Gasteiger partial charge in [-0.2, -0.15) is 0 Å². The maximum absolute atomic E-state index is 13.0. The quantitative estimate of drug-likeness (QED) is 0.617. The first-order chi connectivity index (χ1) is 5.16. The van der Waals surface area contributed by atoms with Gasteiger partial charge < -0.3 is 4.74 Å². The lowest BCUT2D eigenvalue weighted by Gasteiger charge is -2.05. The van der Waals surface area contributed by atoms with Crippen LogP contribution in [0.3, 0.4) is 0 Å². The summed E-state index contributed by atoms with van der Waals surface area (Å²) in [6, 6.07) is 0. The summed E-state index contributed by atoms with van der Waals surface area (Å²) < 4.78 is 17.9. The van der Waals surface area contributed by atoms with Gasteiger partial charge >= 0.3 is 0 Å². The second-order valence-electron chi connectivity index (χ2n) is 2.35. The molecule has 0 aliphatic heterocycles. The van der Waals surface area contributed by atoms with Crippen molar-refractivity contribution in [2.24, 2.45) is 0 Å². The van der Waals surface area contributed by atoms with Crippen LogP contribution in [0.2, 0.25) is 0 Å². The fourth-order valence-electron chi connectivity index (χ4n) is 0.894. The number of halogens is 1.